The van der Waals surface area contributed by atoms with Gasteiger partial charge in [-0.05, 0) is 25.0 Å². The van der Waals surface area contributed by atoms with Crippen LogP contribution in [0.15, 0.2) is 24.3 Å². The average Bonchev–Trinajstić information content (AvgIpc) is 2.41. The molecule has 1 fully saturated rings. The zero-order valence-electron chi connectivity index (χ0n) is 10.3. The van der Waals surface area contributed by atoms with Crippen LogP contribution in [0.4, 0.5) is 5.69 Å². The van der Waals surface area contributed by atoms with E-state index < -0.39 is 10.8 Å². The van der Waals surface area contributed by atoms with Crippen molar-refractivity contribution in [1.29, 1.82) is 0 Å². The standard InChI is InChI=1S/C13H17NO3S/c1-17-13(15)11-4-2-3-5-12(11)14-10-6-8-18(16)9-7-10/h2-5,10,14H,6-9H2,1H3. The molecule has 1 heterocycles. The molecule has 1 saturated heterocycles. The fourth-order valence-electron chi connectivity index (χ4n) is 2.05. The summed E-state index contributed by atoms with van der Waals surface area (Å²) in [6.45, 7) is 0. The summed E-state index contributed by atoms with van der Waals surface area (Å²) >= 11 is 0. The van der Waals surface area contributed by atoms with Crippen LogP contribution < -0.4 is 5.32 Å². The summed E-state index contributed by atoms with van der Waals surface area (Å²) in [5.74, 6) is 1.13. The fraction of sp³-hybridized carbons (Fsp3) is 0.462. The molecule has 0 saturated carbocycles. The van der Waals surface area contributed by atoms with Crippen molar-refractivity contribution in [1.82, 2.24) is 0 Å². The third-order valence-electron chi connectivity index (χ3n) is 3.08. The highest BCUT2D eigenvalue weighted by atomic mass is 32.2. The van der Waals surface area contributed by atoms with Crippen molar-refractivity contribution in [3.05, 3.63) is 29.8 Å². The molecule has 0 atom stereocenters. The van der Waals surface area contributed by atoms with Crippen LogP contribution in [-0.2, 0) is 15.5 Å². The predicted molar refractivity (Wildman–Crippen MR) is 72.3 cm³/mol. The van der Waals surface area contributed by atoms with E-state index in [2.05, 4.69) is 5.32 Å². The third-order valence-corrected chi connectivity index (χ3v) is 4.46. The predicted octanol–water partition coefficient (Wildman–Crippen LogP) is 1.80. The van der Waals surface area contributed by atoms with E-state index in [4.69, 9.17) is 4.74 Å². The van der Waals surface area contributed by atoms with Crippen molar-refractivity contribution in [2.75, 3.05) is 23.9 Å². The Bertz CT molecular complexity index is 451. The average molecular weight is 267 g/mol. The van der Waals surface area contributed by atoms with Gasteiger partial charge in [0, 0.05) is 34.0 Å². The summed E-state index contributed by atoms with van der Waals surface area (Å²) in [5, 5.41) is 3.35. The summed E-state index contributed by atoms with van der Waals surface area (Å²) in [7, 11) is 0.712. The first-order valence-corrected chi connectivity index (χ1v) is 7.48. The molecule has 0 unspecified atom stereocenters. The quantitative estimate of drug-likeness (QED) is 0.848. The van der Waals surface area contributed by atoms with Crippen LogP contribution in [0.25, 0.3) is 0 Å². The Kier molecular flexibility index (Phi) is 4.36. The maximum atomic E-state index is 11.6. The number of carbonyl (C=O) groups excluding carboxylic acids is 1. The van der Waals surface area contributed by atoms with Crippen molar-refractivity contribution < 1.29 is 13.7 Å². The number of anilines is 1. The Balaban J connectivity index is 2.09. The van der Waals surface area contributed by atoms with Gasteiger partial charge in [-0.25, -0.2) is 4.79 Å². The van der Waals surface area contributed by atoms with E-state index in [1.807, 2.05) is 18.2 Å². The van der Waals surface area contributed by atoms with Crippen LogP contribution in [0.2, 0.25) is 0 Å². The molecule has 0 amide bonds. The van der Waals surface area contributed by atoms with Crippen molar-refractivity contribution in [2.45, 2.75) is 18.9 Å². The van der Waals surface area contributed by atoms with Gasteiger partial charge in [-0.15, -0.1) is 0 Å². The van der Waals surface area contributed by atoms with E-state index in [0.717, 1.165) is 30.0 Å². The number of rotatable bonds is 3. The minimum Gasteiger partial charge on any atom is -0.465 e. The lowest BCUT2D eigenvalue weighted by Crippen LogP contribution is -2.30. The number of ether oxygens (including phenoxy) is 1. The number of para-hydroxylation sites is 1. The number of hydrogen-bond acceptors (Lipinski definition) is 4. The van der Waals surface area contributed by atoms with Gasteiger partial charge in [0.15, 0.2) is 0 Å². The van der Waals surface area contributed by atoms with Gasteiger partial charge in [0.25, 0.3) is 0 Å². The lowest BCUT2D eigenvalue weighted by atomic mass is 10.1. The Morgan fingerprint density at radius 2 is 2.00 bits per heavy atom. The van der Waals surface area contributed by atoms with Gasteiger partial charge in [-0.3, -0.25) is 4.21 Å². The normalized spacial score (nSPS) is 23.4. The van der Waals surface area contributed by atoms with Crippen LogP contribution in [0.1, 0.15) is 23.2 Å². The molecule has 18 heavy (non-hydrogen) atoms. The molecule has 0 bridgehead atoms. The third kappa shape index (κ3) is 3.10. The molecule has 0 aromatic heterocycles. The van der Waals surface area contributed by atoms with Crippen molar-refractivity contribution >= 4 is 22.5 Å². The second-order valence-electron chi connectivity index (χ2n) is 4.30. The number of methoxy groups -OCH3 is 1. The lowest BCUT2D eigenvalue weighted by molar-refractivity contribution is 0.0602. The van der Waals surface area contributed by atoms with Crippen LogP contribution in [0, 0.1) is 0 Å². The van der Waals surface area contributed by atoms with Crippen LogP contribution in [0.3, 0.4) is 0 Å². The summed E-state index contributed by atoms with van der Waals surface area (Å²) in [6, 6.07) is 7.60. The topological polar surface area (TPSA) is 55.4 Å². The first-order chi connectivity index (χ1) is 8.70. The minimum atomic E-state index is -0.666. The highest BCUT2D eigenvalue weighted by Crippen LogP contribution is 2.20. The first-order valence-electron chi connectivity index (χ1n) is 5.99. The number of nitrogens with one attached hydrogen (secondary N) is 1. The van der Waals surface area contributed by atoms with E-state index >= 15 is 0 Å². The zero-order chi connectivity index (χ0) is 13.0. The van der Waals surface area contributed by atoms with Gasteiger partial charge in [-0.1, -0.05) is 12.1 Å². The fourth-order valence-corrected chi connectivity index (χ4v) is 3.35. The number of hydrogen-bond donors (Lipinski definition) is 1. The van der Waals surface area contributed by atoms with Crippen molar-refractivity contribution in [3.8, 4) is 0 Å². The van der Waals surface area contributed by atoms with Crippen molar-refractivity contribution in [2.24, 2.45) is 0 Å². The SMILES string of the molecule is COC(=O)c1ccccc1NC1CCS(=O)CC1. The monoisotopic (exact) mass is 267 g/mol. The molecule has 1 aromatic rings. The molecule has 1 aromatic carbocycles. The molecule has 1 N–H and O–H groups in total. The Morgan fingerprint density at radius 3 is 2.67 bits per heavy atom. The smallest absolute Gasteiger partial charge is 0.339 e. The number of carbonyl (C=O) groups is 1. The molecule has 1 aliphatic heterocycles. The van der Waals surface area contributed by atoms with Gasteiger partial charge in [-0.2, -0.15) is 0 Å². The molecule has 5 heteroatoms. The lowest BCUT2D eigenvalue weighted by Gasteiger charge is -2.24. The van der Waals surface area contributed by atoms with E-state index in [1.54, 1.807) is 6.07 Å². The van der Waals surface area contributed by atoms with Gasteiger partial charge >= 0.3 is 5.97 Å². The molecular weight excluding hydrogens is 250 g/mol. The summed E-state index contributed by atoms with van der Waals surface area (Å²) in [6.07, 6.45) is 1.75. The second-order valence-corrected chi connectivity index (χ2v) is 6.00. The minimum absolute atomic E-state index is 0.286. The second kappa shape index (κ2) is 6.00. The zero-order valence-corrected chi connectivity index (χ0v) is 11.2. The summed E-state index contributed by atoms with van der Waals surface area (Å²) in [5.41, 5.74) is 1.34. The molecule has 4 nitrogen and oxygen atoms in total. The Hall–Kier alpha value is -1.36. The van der Waals surface area contributed by atoms with E-state index in [0.29, 0.717) is 5.56 Å². The highest BCUT2D eigenvalue weighted by molar-refractivity contribution is 7.85. The number of benzene rings is 1. The van der Waals surface area contributed by atoms with E-state index in [1.165, 1.54) is 7.11 Å². The molecular formula is C13H17NO3S. The number of esters is 1. The van der Waals surface area contributed by atoms with Crippen LogP contribution in [0.5, 0.6) is 0 Å². The van der Waals surface area contributed by atoms with Crippen LogP contribution >= 0.6 is 0 Å². The maximum absolute atomic E-state index is 11.6. The van der Waals surface area contributed by atoms with E-state index in [-0.39, 0.29) is 12.0 Å². The molecule has 2 rings (SSSR count). The molecule has 0 radical (unpaired) electrons. The molecule has 1 aliphatic rings. The van der Waals surface area contributed by atoms with Gasteiger partial charge in [0.2, 0.25) is 0 Å². The van der Waals surface area contributed by atoms with E-state index in [9.17, 15) is 9.00 Å². The Morgan fingerprint density at radius 1 is 1.33 bits per heavy atom. The van der Waals surface area contributed by atoms with Crippen LogP contribution in [-0.4, -0.2) is 34.8 Å². The van der Waals surface area contributed by atoms with Crippen molar-refractivity contribution in [3.63, 3.8) is 0 Å². The van der Waals surface area contributed by atoms with Gasteiger partial charge in [0.05, 0.1) is 12.7 Å². The highest BCUT2D eigenvalue weighted by Gasteiger charge is 2.19. The van der Waals surface area contributed by atoms with Gasteiger partial charge in [0.1, 0.15) is 0 Å². The maximum Gasteiger partial charge on any atom is 0.339 e. The molecule has 98 valence electrons. The summed E-state index contributed by atoms with van der Waals surface area (Å²) in [4.78, 5) is 11.6. The van der Waals surface area contributed by atoms with Gasteiger partial charge < -0.3 is 10.1 Å². The molecule has 0 aliphatic carbocycles. The summed E-state index contributed by atoms with van der Waals surface area (Å²) < 4.78 is 16.0. The first kappa shape index (κ1) is 13.1. The molecule has 0 spiro atoms. The largest absolute Gasteiger partial charge is 0.465 e. The Labute approximate surface area is 109 Å².